The van der Waals surface area contributed by atoms with E-state index in [0.717, 1.165) is 28.0 Å². The molecule has 6 nitrogen and oxygen atoms in total. The van der Waals surface area contributed by atoms with E-state index in [1.54, 1.807) is 14.0 Å². The maximum absolute atomic E-state index is 13.6. The zero-order chi connectivity index (χ0) is 22.8. The van der Waals surface area contributed by atoms with E-state index in [4.69, 9.17) is 4.74 Å². The fraction of sp³-hybridized carbons (Fsp3) is 0.240. The zero-order valence-electron chi connectivity index (χ0n) is 18.2. The lowest BCUT2D eigenvalue weighted by atomic mass is 10.0. The highest BCUT2D eigenvalue weighted by atomic mass is 32.1. The standard InChI is InChI=1S/C25H24N2O4S/c1-15-4-6-17(7-5-15)8-13-21(25(29)30)27-16(2)26-23-22(24(27)28)20(14-32-23)18-9-11-19(31-3)12-10-18/h4-7,9-12,14,21H,8,13H2,1-3H3,(H,29,30). The second kappa shape index (κ2) is 8.96. The van der Waals surface area contributed by atoms with Gasteiger partial charge in [-0.15, -0.1) is 11.3 Å². The molecule has 1 atom stereocenters. The maximum Gasteiger partial charge on any atom is 0.326 e. The van der Waals surface area contributed by atoms with Crippen molar-refractivity contribution in [3.8, 4) is 16.9 Å². The Balaban J connectivity index is 1.76. The van der Waals surface area contributed by atoms with E-state index in [0.29, 0.717) is 28.9 Å². The first-order chi connectivity index (χ1) is 15.4. The molecule has 7 heteroatoms. The lowest BCUT2D eigenvalue weighted by Crippen LogP contribution is -2.32. The average molecular weight is 449 g/mol. The molecule has 4 rings (SSSR count). The molecule has 0 amide bonds. The van der Waals surface area contributed by atoms with Crippen LogP contribution in [-0.2, 0) is 11.2 Å². The Hall–Kier alpha value is -3.45. The zero-order valence-corrected chi connectivity index (χ0v) is 19.0. The number of carbonyl (C=O) groups is 1. The molecule has 0 aliphatic rings. The second-order valence-electron chi connectivity index (χ2n) is 7.77. The van der Waals surface area contributed by atoms with Gasteiger partial charge in [0.05, 0.1) is 12.5 Å². The molecule has 2 aromatic carbocycles. The number of benzene rings is 2. The number of aliphatic carboxylic acids is 1. The molecule has 0 radical (unpaired) electrons. The lowest BCUT2D eigenvalue weighted by Gasteiger charge is -2.18. The number of carboxylic acids is 1. The predicted molar refractivity (Wildman–Crippen MR) is 127 cm³/mol. The van der Waals surface area contributed by atoms with Crippen molar-refractivity contribution < 1.29 is 14.6 Å². The van der Waals surface area contributed by atoms with E-state index in [1.165, 1.54) is 15.9 Å². The number of carboxylic acid groups (broad SMARTS) is 1. The minimum atomic E-state index is -1.04. The summed E-state index contributed by atoms with van der Waals surface area (Å²) < 4.78 is 6.55. The highest BCUT2D eigenvalue weighted by Crippen LogP contribution is 2.32. The number of ether oxygens (including phenoxy) is 1. The van der Waals surface area contributed by atoms with E-state index in [9.17, 15) is 14.7 Å². The Morgan fingerprint density at radius 1 is 1.12 bits per heavy atom. The van der Waals surface area contributed by atoms with E-state index in [1.807, 2.05) is 60.8 Å². The van der Waals surface area contributed by atoms with Gasteiger partial charge in [0.15, 0.2) is 0 Å². The van der Waals surface area contributed by atoms with Crippen molar-refractivity contribution >= 4 is 27.5 Å². The van der Waals surface area contributed by atoms with Gasteiger partial charge in [-0.25, -0.2) is 9.78 Å². The molecule has 32 heavy (non-hydrogen) atoms. The summed E-state index contributed by atoms with van der Waals surface area (Å²) >= 11 is 1.38. The molecule has 0 saturated heterocycles. The minimum Gasteiger partial charge on any atom is -0.497 e. The first kappa shape index (κ1) is 21.8. The molecular weight excluding hydrogens is 424 g/mol. The SMILES string of the molecule is COc1ccc(-c2csc3nc(C)n(C(CCc4ccc(C)cc4)C(=O)O)c(=O)c23)cc1. The van der Waals surface area contributed by atoms with Crippen molar-refractivity contribution in [2.45, 2.75) is 32.7 Å². The first-order valence-electron chi connectivity index (χ1n) is 10.3. The van der Waals surface area contributed by atoms with Crippen molar-refractivity contribution in [2.24, 2.45) is 0 Å². The summed E-state index contributed by atoms with van der Waals surface area (Å²) in [5.41, 5.74) is 3.47. The van der Waals surface area contributed by atoms with Crippen LogP contribution in [0, 0.1) is 13.8 Å². The van der Waals surface area contributed by atoms with Crippen LogP contribution in [0.2, 0.25) is 0 Å². The van der Waals surface area contributed by atoms with Crippen LogP contribution in [0.4, 0.5) is 0 Å². The van der Waals surface area contributed by atoms with Gasteiger partial charge in [-0.1, -0.05) is 42.0 Å². The normalized spacial score (nSPS) is 12.1. The Bertz CT molecular complexity index is 1320. The Morgan fingerprint density at radius 2 is 1.81 bits per heavy atom. The van der Waals surface area contributed by atoms with Crippen molar-refractivity contribution in [1.82, 2.24) is 9.55 Å². The van der Waals surface area contributed by atoms with Gasteiger partial charge in [0.1, 0.15) is 22.4 Å². The molecule has 0 bridgehead atoms. The molecule has 0 saturated carbocycles. The van der Waals surface area contributed by atoms with Crippen LogP contribution in [0.3, 0.4) is 0 Å². The fourth-order valence-electron chi connectivity index (χ4n) is 3.88. The largest absolute Gasteiger partial charge is 0.497 e. The summed E-state index contributed by atoms with van der Waals surface area (Å²) in [5, 5.41) is 12.3. The molecule has 0 fully saturated rings. The topological polar surface area (TPSA) is 81.4 Å². The highest BCUT2D eigenvalue weighted by molar-refractivity contribution is 7.17. The quantitative estimate of drug-likeness (QED) is 0.430. The van der Waals surface area contributed by atoms with E-state index in [2.05, 4.69) is 4.98 Å². The average Bonchev–Trinajstić information content (AvgIpc) is 3.20. The van der Waals surface area contributed by atoms with Gasteiger partial charge in [0, 0.05) is 10.9 Å². The number of rotatable bonds is 7. The number of hydrogen-bond acceptors (Lipinski definition) is 5. The summed E-state index contributed by atoms with van der Waals surface area (Å²) in [6.45, 7) is 3.70. The number of aryl methyl sites for hydroxylation is 3. The first-order valence-corrected chi connectivity index (χ1v) is 11.2. The van der Waals surface area contributed by atoms with E-state index < -0.39 is 12.0 Å². The highest BCUT2D eigenvalue weighted by Gasteiger charge is 2.25. The van der Waals surface area contributed by atoms with E-state index >= 15 is 0 Å². The van der Waals surface area contributed by atoms with Gasteiger partial charge in [0.25, 0.3) is 5.56 Å². The summed E-state index contributed by atoms with van der Waals surface area (Å²) in [7, 11) is 1.60. The van der Waals surface area contributed by atoms with Crippen molar-refractivity contribution in [1.29, 1.82) is 0 Å². The van der Waals surface area contributed by atoms with Crippen molar-refractivity contribution in [3.63, 3.8) is 0 Å². The molecule has 1 unspecified atom stereocenters. The summed E-state index contributed by atoms with van der Waals surface area (Å²) in [5.74, 6) is 0.0911. The number of thiophene rings is 1. The minimum absolute atomic E-state index is 0.300. The molecule has 2 aromatic heterocycles. The van der Waals surface area contributed by atoms with Crippen LogP contribution in [0.25, 0.3) is 21.3 Å². The molecular formula is C25H24N2O4S. The van der Waals surface area contributed by atoms with Crippen LogP contribution in [0.15, 0.2) is 58.7 Å². The van der Waals surface area contributed by atoms with Crippen LogP contribution < -0.4 is 10.3 Å². The van der Waals surface area contributed by atoms with Gasteiger partial charge in [-0.2, -0.15) is 0 Å². The molecule has 0 aliphatic carbocycles. The third-order valence-corrected chi connectivity index (χ3v) is 6.51. The number of fused-ring (bicyclic) bond motifs is 1. The summed E-state index contributed by atoms with van der Waals surface area (Å²) in [6, 6.07) is 14.4. The molecule has 164 valence electrons. The van der Waals surface area contributed by atoms with Gasteiger partial charge in [-0.05, 0) is 49.9 Å². The Kier molecular flexibility index (Phi) is 6.10. The monoisotopic (exact) mass is 448 g/mol. The van der Waals surface area contributed by atoms with Gasteiger partial charge < -0.3 is 9.84 Å². The van der Waals surface area contributed by atoms with Crippen molar-refractivity contribution in [3.05, 3.63) is 81.2 Å². The molecule has 4 aromatic rings. The van der Waals surface area contributed by atoms with Crippen molar-refractivity contribution in [2.75, 3.05) is 7.11 Å². The third-order valence-electron chi connectivity index (χ3n) is 5.64. The van der Waals surface area contributed by atoms with Gasteiger partial charge in [0.2, 0.25) is 0 Å². The van der Waals surface area contributed by atoms with Crippen LogP contribution in [-0.4, -0.2) is 27.7 Å². The van der Waals surface area contributed by atoms with Crippen LogP contribution >= 0.6 is 11.3 Å². The molecule has 1 N–H and O–H groups in total. The number of hydrogen-bond donors (Lipinski definition) is 1. The van der Waals surface area contributed by atoms with E-state index in [-0.39, 0.29) is 5.56 Å². The maximum atomic E-state index is 13.6. The summed E-state index contributed by atoms with van der Waals surface area (Å²) in [4.78, 5) is 30.9. The summed E-state index contributed by atoms with van der Waals surface area (Å²) in [6.07, 6.45) is 0.852. The Morgan fingerprint density at radius 3 is 2.44 bits per heavy atom. The molecule has 0 spiro atoms. The molecule has 2 heterocycles. The smallest absolute Gasteiger partial charge is 0.326 e. The van der Waals surface area contributed by atoms with Crippen LogP contribution in [0.5, 0.6) is 5.75 Å². The third kappa shape index (κ3) is 4.16. The van der Waals surface area contributed by atoms with Gasteiger partial charge >= 0.3 is 5.97 Å². The molecule has 0 aliphatic heterocycles. The number of aromatic nitrogens is 2. The lowest BCUT2D eigenvalue weighted by molar-refractivity contribution is -0.141. The number of nitrogens with zero attached hydrogens (tertiary/aromatic N) is 2. The second-order valence-corrected chi connectivity index (χ2v) is 8.63. The Labute approximate surface area is 189 Å². The van der Waals surface area contributed by atoms with Gasteiger partial charge in [-0.3, -0.25) is 9.36 Å². The van der Waals surface area contributed by atoms with Crippen LogP contribution in [0.1, 0.15) is 29.4 Å². The predicted octanol–water partition coefficient (Wildman–Crippen LogP) is 5.01. The number of methoxy groups -OCH3 is 1. The fourth-order valence-corrected chi connectivity index (χ4v) is 4.86.